The van der Waals surface area contributed by atoms with E-state index in [-0.39, 0.29) is 12.1 Å². The Bertz CT molecular complexity index is 1520. The molecule has 6 nitrogen and oxygen atoms in total. The van der Waals surface area contributed by atoms with Crippen molar-refractivity contribution in [1.82, 2.24) is 20.1 Å². The van der Waals surface area contributed by atoms with Crippen molar-refractivity contribution in [2.75, 3.05) is 5.32 Å². The minimum Gasteiger partial charge on any atom is -0.327 e. The first-order valence-electron chi connectivity index (χ1n) is 10.9. The molecule has 0 saturated carbocycles. The van der Waals surface area contributed by atoms with Gasteiger partial charge in [-0.25, -0.2) is 9.48 Å². The number of aromatic nitrogens is 3. The zero-order valence-corrected chi connectivity index (χ0v) is 18.0. The summed E-state index contributed by atoms with van der Waals surface area (Å²) in [7, 11) is 0. The molecule has 2 N–H and O–H groups in total. The van der Waals surface area contributed by atoms with E-state index in [2.05, 4.69) is 39.9 Å². The second-order valence-corrected chi connectivity index (χ2v) is 8.02. The van der Waals surface area contributed by atoms with Gasteiger partial charge in [0.15, 0.2) is 0 Å². The molecule has 2 aromatic heterocycles. The molecule has 0 fully saturated rings. The molecule has 0 bridgehead atoms. The number of carbonyl (C=O) groups is 1. The van der Waals surface area contributed by atoms with Gasteiger partial charge in [-0.15, -0.1) is 0 Å². The highest BCUT2D eigenvalue weighted by molar-refractivity contribution is 6.09. The topological polar surface area (TPSA) is 71.8 Å². The summed E-state index contributed by atoms with van der Waals surface area (Å²) in [5.41, 5.74) is 6.15. The van der Waals surface area contributed by atoms with Crippen molar-refractivity contribution >= 4 is 39.9 Å². The number of anilines is 1. The zero-order valence-electron chi connectivity index (χ0n) is 18.0. The molecule has 6 heteroatoms. The van der Waals surface area contributed by atoms with Crippen molar-refractivity contribution in [1.29, 1.82) is 0 Å². The van der Waals surface area contributed by atoms with E-state index in [1.54, 1.807) is 10.9 Å². The summed E-state index contributed by atoms with van der Waals surface area (Å²) in [6.45, 7) is 1.92. The van der Waals surface area contributed by atoms with Gasteiger partial charge in [0, 0.05) is 17.8 Å². The van der Waals surface area contributed by atoms with Gasteiger partial charge in [-0.1, -0.05) is 72.8 Å². The highest BCUT2D eigenvalue weighted by Gasteiger charge is 2.29. The molecule has 3 aromatic carbocycles. The Morgan fingerprint density at radius 2 is 1.58 bits per heavy atom. The monoisotopic (exact) mass is 431 g/mol. The Hall–Kier alpha value is -4.45. The number of hydrogen-bond donors (Lipinski definition) is 2. The van der Waals surface area contributed by atoms with E-state index in [1.165, 1.54) is 0 Å². The fourth-order valence-electron chi connectivity index (χ4n) is 4.65. The Balaban J connectivity index is 1.38. The summed E-state index contributed by atoms with van der Waals surface area (Å²) in [6.07, 6.45) is 5.47. The van der Waals surface area contributed by atoms with Gasteiger partial charge in [-0.3, -0.25) is 10.3 Å². The van der Waals surface area contributed by atoms with E-state index in [0.717, 1.165) is 44.1 Å². The summed E-state index contributed by atoms with van der Waals surface area (Å²) in [6, 6.07) is 23.7. The Morgan fingerprint density at radius 1 is 0.909 bits per heavy atom. The number of amides is 2. The first-order chi connectivity index (χ1) is 16.2. The molecule has 160 valence electrons. The number of hydrogen-bond acceptors (Lipinski definition) is 3. The highest BCUT2D eigenvalue weighted by atomic mass is 16.2. The molecular formula is C27H21N5O. The first kappa shape index (κ1) is 19.3. The predicted octanol–water partition coefficient (Wildman–Crippen LogP) is 5.97. The minimum absolute atomic E-state index is 0.222. The van der Waals surface area contributed by atoms with Crippen LogP contribution in [-0.4, -0.2) is 20.8 Å². The first-order valence-corrected chi connectivity index (χ1v) is 10.9. The van der Waals surface area contributed by atoms with Crippen LogP contribution in [0.3, 0.4) is 0 Å². The molecule has 6 rings (SSSR count). The number of rotatable bonds is 3. The lowest BCUT2D eigenvalue weighted by atomic mass is 10.1. The fourth-order valence-corrected chi connectivity index (χ4v) is 4.65. The van der Waals surface area contributed by atoms with Crippen LogP contribution >= 0.6 is 0 Å². The molecule has 0 radical (unpaired) electrons. The van der Waals surface area contributed by atoms with E-state index in [0.29, 0.717) is 5.82 Å². The highest BCUT2D eigenvalue weighted by Crippen LogP contribution is 2.43. The SMILES string of the molecule is C/C=C/n1nc2c(cnc3ccccc32)c1NC(=O)NC1c2ccccc2-c2ccccc21. The van der Waals surface area contributed by atoms with Gasteiger partial charge in [-0.05, 0) is 35.2 Å². The van der Waals surface area contributed by atoms with Gasteiger partial charge in [0.1, 0.15) is 11.3 Å². The summed E-state index contributed by atoms with van der Waals surface area (Å²) in [4.78, 5) is 17.8. The smallest absolute Gasteiger partial charge is 0.321 e. The van der Waals surface area contributed by atoms with Crippen LogP contribution < -0.4 is 10.6 Å². The van der Waals surface area contributed by atoms with Crippen LogP contribution in [0.25, 0.3) is 39.1 Å². The number of para-hydroxylation sites is 1. The molecule has 0 saturated heterocycles. The molecule has 33 heavy (non-hydrogen) atoms. The Kier molecular flexibility index (Phi) is 4.43. The lowest BCUT2D eigenvalue weighted by Crippen LogP contribution is -2.32. The fraction of sp³-hybridized carbons (Fsp3) is 0.0741. The number of pyridine rings is 1. The summed E-state index contributed by atoms with van der Waals surface area (Å²) in [5.74, 6) is 0.582. The maximum absolute atomic E-state index is 13.2. The second-order valence-electron chi connectivity index (χ2n) is 8.02. The van der Waals surface area contributed by atoms with E-state index in [1.807, 2.05) is 67.7 Å². The van der Waals surface area contributed by atoms with Crippen molar-refractivity contribution in [3.05, 3.63) is 96.2 Å². The third-order valence-electron chi connectivity index (χ3n) is 6.07. The predicted molar refractivity (Wildman–Crippen MR) is 132 cm³/mol. The minimum atomic E-state index is -0.299. The average molecular weight is 431 g/mol. The molecule has 0 unspecified atom stereocenters. The van der Waals surface area contributed by atoms with Crippen LogP contribution in [0.15, 0.2) is 85.1 Å². The molecule has 0 spiro atoms. The quantitative estimate of drug-likeness (QED) is 0.370. The van der Waals surface area contributed by atoms with E-state index < -0.39 is 0 Å². The van der Waals surface area contributed by atoms with Crippen LogP contribution in [0.1, 0.15) is 24.1 Å². The molecule has 5 aromatic rings. The Morgan fingerprint density at radius 3 is 2.30 bits per heavy atom. The summed E-state index contributed by atoms with van der Waals surface area (Å²) in [5, 5.41) is 12.7. The van der Waals surface area contributed by atoms with Crippen LogP contribution in [0.2, 0.25) is 0 Å². The molecule has 1 aliphatic carbocycles. The Labute approximate surface area is 190 Å². The molecule has 1 aliphatic rings. The molecule has 0 atom stereocenters. The van der Waals surface area contributed by atoms with Crippen molar-refractivity contribution in [2.24, 2.45) is 0 Å². The number of fused-ring (bicyclic) bond motifs is 6. The summed E-state index contributed by atoms with van der Waals surface area (Å²) < 4.78 is 1.69. The van der Waals surface area contributed by atoms with Gasteiger partial charge in [0.25, 0.3) is 0 Å². The van der Waals surface area contributed by atoms with Crippen molar-refractivity contribution in [3.8, 4) is 11.1 Å². The van der Waals surface area contributed by atoms with Crippen LogP contribution in [0.5, 0.6) is 0 Å². The van der Waals surface area contributed by atoms with E-state index in [4.69, 9.17) is 5.10 Å². The third-order valence-corrected chi connectivity index (χ3v) is 6.07. The molecule has 0 aliphatic heterocycles. The number of urea groups is 1. The van der Waals surface area contributed by atoms with Gasteiger partial charge in [-0.2, -0.15) is 5.10 Å². The maximum Gasteiger partial charge on any atom is 0.321 e. The number of benzene rings is 3. The zero-order chi connectivity index (χ0) is 22.4. The standard InChI is InChI=1S/C27H21N5O/c1-2-15-32-26(22-16-28-23-14-8-7-13-21(23)25(22)31-32)30-27(33)29-24-19-11-5-3-9-17(19)18-10-4-6-12-20(18)24/h2-16,24H,1H3,(H2,29,30,33)/b15-2+. The van der Waals surface area contributed by atoms with E-state index in [9.17, 15) is 4.79 Å². The van der Waals surface area contributed by atoms with Crippen molar-refractivity contribution < 1.29 is 4.79 Å². The van der Waals surface area contributed by atoms with E-state index >= 15 is 0 Å². The lowest BCUT2D eigenvalue weighted by Gasteiger charge is -2.16. The van der Waals surface area contributed by atoms with Gasteiger partial charge in [0.2, 0.25) is 0 Å². The molecule has 2 amide bonds. The number of nitrogens with one attached hydrogen (secondary N) is 2. The number of nitrogens with zero attached hydrogens (tertiary/aromatic N) is 3. The van der Waals surface area contributed by atoms with Crippen LogP contribution in [-0.2, 0) is 0 Å². The van der Waals surface area contributed by atoms with Crippen molar-refractivity contribution in [3.63, 3.8) is 0 Å². The van der Waals surface area contributed by atoms with Crippen LogP contribution in [0, 0.1) is 0 Å². The number of allylic oxidation sites excluding steroid dienone is 1. The second kappa shape index (κ2) is 7.60. The van der Waals surface area contributed by atoms with Crippen molar-refractivity contribution in [2.45, 2.75) is 13.0 Å². The van der Waals surface area contributed by atoms with Gasteiger partial charge >= 0.3 is 6.03 Å². The maximum atomic E-state index is 13.2. The lowest BCUT2D eigenvalue weighted by molar-refractivity contribution is 0.250. The third kappa shape index (κ3) is 3.07. The average Bonchev–Trinajstić information content (AvgIpc) is 3.35. The molecular weight excluding hydrogens is 410 g/mol. The van der Waals surface area contributed by atoms with Gasteiger partial charge < -0.3 is 5.32 Å². The normalized spacial score (nSPS) is 12.9. The van der Waals surface area contributed by atoms with Gasteiger partial charge in [0.05, 0.1) is 16.9 Å². The largest absolute Gasteiger partial charge is 0.327 e. The summed E-state index contributed by atoms with van der Waals surface area (Å²) >= 11 is 0. The van der Waals surface area contributed by atoms with Crippen LogP contribution in [0.4, 0.5) is 10.6 Å². The molecule has 2 heterocycles. The number of carbonyl (C=O) groups excluding carboxylic acids is 1.